The molecular formula is C24H27N3O6. The molecule has 0 fully saturated rings. The normalized spacial score (nSPS) is 12.8. The van der Waals surface area contributed by atoms with Crippen LogP contribution >= 0.6 is 0 Å². The molecule has 1 aliphatic rings. The molecule has 1 aliphatic carbocycles. The van der Waals surface area contributed by atoms with Crippen molar-refractivity contribution >= 4 is 23.9 Å². The van der Waals surface area contributed by atoms with Crippen molar-refractivity contribution in [2.45, 2.75) is 31.7 Å². The summed E-state index contributed by atoms with van der Waals surface area (Å²) in [5, 5.41) is 16.6. The minimum absolute atomic E-state index is 0.0536. The van der Waals surface area contributed by atoms with Gasteiger partial charge in [0.1, 0.15) is 12.6 Å². The maximum atomic E-state index is 12.4. The number of nitrogens with one attached hydrogen (secondary N) is 3. The summed E-state index contributed by atoms with van der Waals surface area (Å²) in [6.07, 6.45) is -0.978. The van der Waals surface area contributed by atoms with Crippen molar-refractivity contribution in [2.24, 2.45) is 0 Å². The van der Waals surface area contributed by atoms with Crippen LogP contribution in [0.15, 0.2) is 48.5 Å². The molecule has 0 bridgehead atoms. The fourth-order valence-corrected chi connectivity index (χ4v) is 3.85. The molecule has 0 spiro atoms. The maximum absolute atomic E-state index is 12.4. The van der Waals surface area contributed by atoms with Crippen molar-refractivity contribution in [3.63, 3.8) is 0 Å². The Bertz CT molecular complexity index is 993. The number of amides is 3. The highest BCUT2D eigenvalue weighted by Gasteiger charge is 2.30. The molecule has 0 aliphatic heterocycles. The molecule has 0 saturated heterocycles. The highest BCUT2D eigenvalue weighted by atomic mass is 16.5. The number of carbonyl (C=O) groups is 4. The Hall–Kier alpha value is -3.88. The largest absolute Gasteiger partial charge is 0.481 e. The van der Waals surface area contributed by atoms with Crippen LogP contribution in [-0.2, 0) is 19.1 Å². The second kappa shape index (κ2) is 11.1. The number of ether oxygens (including phenoxy) is 1. The van der Waals surface area contributed by atoms with Crippen molar-refractivity contribution in [2.75, 3.05) is 19.7 Å². The Morgan fingerprint density at radius 1 is 0.939 bits per heavy atom. The van der Waals surface area contributed by atoms with Gasteiger partial charge in [0, 0.05) is 25.9 Å². The minimum Gasteiger partial charge on any atom is -0.481 e. The van der Waals surface area contributed by atoms with Gasteiger partial charge in [-0.05, 0) is 28.7 Å². The second-order valence-electron chi connectivity index (χ2n) is 7.75. The third kappa shape index (κ3) is 6.31. The summed E-state index contributed by atoms with van der Waals surface area (Å²) >= 11 is 0. The van der Waals surface area contributed by atoms with Crippen molar-refractivity contribution in [1.82, 2.24) is 16.0 Å². The van der Waals surface area contributed by atoms with E-state index in [4.69, 9.17) is 9.84 Å². The average Bonchev–Trinajstić information content (AvgIpc) is 3.10. The number of carboxylic acids is 1. The van der Waals surface area contributed by atoms with Crippen LogP contribution in [0.5, 0.6) is 0 Å². The Kier molecular flexibility index (Phi) is 8.01. The molecule has 4 N–H and O–H groups in total. The lowest BCUT2D eigenvalue weighted by Gasteiger charge is -2.18. The first-order valence-corrected chi connectivity index (χ1v) is 10.7. The molecule has 9 nitrogen and oxygen atoms in total. The lowest BCUT2D eigenvalue weighted by Crippen LogP contribution is -2.48. The van der Waals surface area contributed by atoms with Gasteiger partial charge in [0.15, 0.2) is 0 Å². The van der Waals surface area contributed by atoms with Gasteiger partial charge in [0.05, 0.1) is 6.42 Å². The quantitative estimate of drug-likeness (QED) is 0.407. The van der Waals surface area contributed by atoms with Crippen LogP contribution in [0.2, 0.25) is 0 Å². The van der Waals surface area contributed by atoms with E-state index in [2.05, 4.69) is 16.0 Å². The highest BCUT2D eigenvalue weighted by Crippen LogP contribution is 2.44. The smallest absolute Gasteiger partial charge is 0.407 e. The number of hydrogen-bond donors (Lipinski definition) is 4. The maximum Gasteiger partial charge on any atom is 0.407 e. The van der Waals surface area contributed by atoms with E-state index in [1.807, 2.05) is 48.5 Å². The zero-order valence-electron chi connectivity index (χ0n) is 18.3. The number of carbonyl (C=O) groups excluding carboxylic acids is 3. The fourth-order valence-electron chi connectivity index (χ4n) is 3.85. The summed E-state index contributed by atoms with van der Waals surface area (Å²) in [7, 11) is 0. The summed E-state index contributed by atoms with van der Waals surface area (Å²) in [5.41, 5.74) is 4.27. The third-order valence-electron chi connectivity index (χ3n) is 5.36. The van der Waals surface area contributed by atoms with Gasteiger partial charge in [-0.2, -0.15) is 0 Å². The van der Waals surface area contributed by atoms with Crippen LogP contribution in [0.4, 0.5) is 4.79 Å². The van der Waals surface area contributed by atoms with Crippen LogP contribution in [-0.4, -0.2) is 54.7 Å². The summed E-state index contributed by atoms with van der Waals surface area (Å²) in [5.74, 6) is -2.19. The molecule has 33 heavy (non-hydrogen) atoms. The molecule has 174 valence electrons. The molecule has 2 aromatic carbocycles. The highest BCUT2D eigenvalue weighted by molar-refractivity contribution is 5.89. The third-order valence-corrected chi connectivity index (χ3v) is 5.36. The second-order valence-corrected chi connectivity index (χ2v) is 7.75. The predicted molar refractivity (Wildman–Crippen MR) is 121 cm³/mol. The molecule has 0 saturated carbocycles. The lowest BCUT2D eigenvalue weighted by molar-refractivity contribution is -0.139. The molecule has 3 rings (SSSR count). The van der Waals surface area contributed by atoms with Crippen LogP contribution in [0.1, 0.15) is 36.8 Å². The first kappa shape index (κ1) is 23.8. The number of aliphatic carboxylic acids is 1. The number of fused-ring (bicyclic) bond motifs is 3. The monoisotopic (exact) mass is 453 g/mol. The van der Waals surface area contributed by atoms with Crippen LogP contribution in [0.3, 0.4) is 0 Å². The van der Waals surface area contributed by atoms with Crippen LogP contribution in [0, 0.1) is 0 Å². The van der Waals surface area contributed by atoms with Gasteiger partial charge in [-0.3, -0.25) is 14.4 Å². The molecule has 0 radical (unpaired) electrons. The zero-order valence-corrected chi connectivity index (χ0v) is 18.3. The van der Waals surface area contributed by atoms with E-state index in [0.29, 0.717) is 13.0 Å². The van der Waals surface area contributed by atoms with E-state index in [0.717, 1.165) is 22.3 Å². The van der Waals surface area contributed by atoms with Crippen LogP contribution < -0.4 is 16.0 Å². The average molecular weight is 453 g/mol. The molecular weight excluding hydrogens is 426 g/mol. The van der Waals surface area contributed by atoms with Gasteiger partial charge in [0.25, 0.3) is 0 Å². The minimum atomic E-state index is -1.28. The Balaban J connectivity index is 1.57. The Morgan fingerprint density at radius 3 is 2.09 bits per heavy atom. The van der Waals surface area contributed by atoms with E-state index in [1.165, 1.54) is 6.92 Å². The number of carboxylic acid groups (broad SMARTS) is 1. The summed E-state index contributed by atoms with van der Waals surface area (Å²) in [4.78, 5) is 46.8. The van der Waals surface area contributed by atoms with Gasteiger partial charge < -0.3 is 25.8 Å². The van der Waals surface area contributed by atoms with Gasteiger partial charge in [-0.25, -0.2) is 4.79 Å². The van der Waals surface area contributed by atoms with Gasteiger partial charge >= 0.3 is 12.1 Å². The Morgan fingerprint density at radius 2 is 1.52 bits per heavy atom. The zero-order chi connectivity index (χ0) is 23.8. The van der Waals surface area contributed by atoms with Crippen LogP contribution in [0.25, 0.3) is 11.1 Å². The van der Waals surface area contributed by atoms with Crippen molar-refractivity contribution in [1.29, 1.82) is 0 Å². The van der Waals surface area contributed by atoms with Crippen molar-refractivity contribution in [3.8, 4) is 11.1 Å². The lowest BCUT2D eigenvalue weighted by atomic mass is 9.98. The van der Waals surface area contributed by atoms with E-state index in [9.17, 15) is 19.2 Å². The number of alkyl carbamates (subject to hydrolysis) is 1. The predicted octanol–water partition coefficient (Wildman–Crippen LogP) is 2.01. The van der Waals surface area contributed by atoms with Crippen molar-refractivity contribution < 1.29 is 29.0 Å². The Labute approximate surface area is 191 Å². The SMILES string of the molecule is CC(=O)NCCCNC(=O)C(CC(=O)O)NC(=O)OCC1c2ccccc2-c2ccccc21. The first-order chi connectivity index (χ1) is 15.9. The number of rotatable bonds is 10. The molecule has 1 atom stereocenters. The first-order valence-electron chi connectivity index (χ1n) is 10.7. The fraction of sp³-hybridized carbons (Fsp3) is 0.333. The van der Waals surface area contributed by atoms with E-state index in [-0.39, 0.29) is 25.0 Å². The van der Waals surface area contributed by atoms with E-state index in [1.54, 1.807) is 0 Å². The van der Waals surface area contributed by atoms with E-state index < -0.39 is 30.4 Å². The summed E-state index contributed by atoms with van der Waals surface area (Å²) < 4.78 is 5.40. The topological polar surface area (TPSA) is 134 Å². The van der Waals surface area contributed by atoms with Gasteiger partial charge in [0.2, 0.25) is 11.8 Å². The number of benzene rings is 2. The molecule has 1 unspecified atom stereocenters. The summed E-state index contributed by atoms with van der Waals surface area (Å²) in [6.45, 7) is 2.04. The van der Waals surface area contributed by atoms with Gasteiger partial charge in [-0.1, -0.05) is 48.5 Å². The molecule has 2 aromatic rings. The number of hydrogen-bond acceptors (Lipinski definition) is 5. The molecule has 0 heterocycles. The summed E-state index contributed by atoms with van der Waals surface area (Å²) in [6, 6.07) is 14.5. The van der Waals surface area contributed by atoms with E-state index >= 15 is 0 Å². The molecule has 3 amide bonds. The standard InChI is InChI=1S/C24H27N3O6/c1-15(28)25-11-6-12-26-23(31)21(13-22(29)30)27-24(32)33-14-20-18-9-4-2-7-16(18)17-8-3-5-10-19(17)20/h2-5,7-10,20-21H,6,11-14H2,1H3,(H,25,28)(H,26,31)(H,27,32)(H,29,30). The van der Waals surface area contributed by atoms with Gasteiger partial charge in [-0.15, -0.1) is 0 Å². The molecule has 9 heteroatoms. The molecule has 0 aromatic heterocycles. The van der Waals surface area contributed by atoms with Crippen molar-refractivity contribution in [3.05, 3.63) is 59.7 Å².